The first-order valence-electron chi connectivity index (χ1n) is 8.59. The van der Waals surface area contributed by atoms with Crippen LogP contribution in [0.3, 0.4) is 0 Å². The molecule has 1 heterocycles. The van der Waals surface area contributed by atoms with Gasteiger partial charge in [-0.15, -0.1) is 0 Å². The summed E-state index contributed by atoms with van der Waals surface area (Å²) in [6.07, 6.45) is 3.16. The Balaban J connectivity index is 1.49. The van der Waals surface area contributed by atoms with Crippen molar-refractivity contribution in [3.8, 4) is 0 Å². The van der Waals surface area contributed by atoms with Crippen LogP contribution in [0.1, 0.15) is 15.9 Å². The summed E-state index contributed by atoms with van der Waals surface area (Å²) in [5, 5.41) is 2.84. The standard InChI is InChI=1S/C20H24N3O2/c21-18-5-1-2-6-19(18)22-20(24)17-9-7-16(8-10-17)4-3-11-23-12-14-25-15-13-23/h1-3,5-10H,4,11-15,21H2,(H,22,24). The number of benzene rings is 2. The van der Waals surface area contributed by atoms with Crippen LogP contribution >= 0.6 is 0 Å². The predicted molar refractivity (Wildman–Crippen MR) is 101 cm³/mol. The number of amides is 1. The van der Waals surface area contributed by atoms with Gasteiger partial charge in [0.05, 0.1) is 24.6 Å². The molecule has 5 heteroatoms. The number of morpholine rings is 1. The number of rotatable bonds is 6. The smallest absolute Gasteiger partial charge is 0.255 e. The van der Waals surface area contributed by atoms with Crippen LogP contribution in [0.2, 0.25) is 0 Å². The SMILES string of the molecule is Nc1ccccc1NC(=O)c1ccc(C[CH]CN2CCOCC2)cc1. The fourth-order valence-corrected chi connectivity index (χ4v) is 2.80. The van der Waals surface area contributed by atoms with Crippen LogP contribution in [0, 0.1) is 6.42 Å². The number of carbonyl (C=O) groups excluding carboxylic acids is 1. The number of nitrogens with one attached hydrogen (secondary N) is 1. The van der Waals surface area contributed by atoms with Crippen LogP contribution < -0.4 is 11.1 Å². The van der Waals surface area contributed by atoms with E-state index in [-0.39, 0.29) is 5.91 Å². The third-order valence-corrected chi connectivity index (χ3v) is 4.30. The molecule has 0 aliphatic carbocycles. The quantitative estimate of drug-likeness (QED) is 0.795. The minimum Gasteiger partial charge on any atom is -0.397 e. The molecule has 5 nitrogen and oxygen atoms in total. The zero-order chi connectivity index (χ0) is 17.5. The van der Waals surface area contributed by atoms with Crippen molar-refractivity contribution in [3.05, 3.63) is 66.1 Å². The van der Waals surface area contributed by atoms with Crippen LogP contribution in [-0.2, 0) is 11.2 Å². The maximum atomic E-state index is 12.3. The van der Waals surface area contributed by atoms with Gasteiger partial charge in [0.1, 0.15) is 0 Å². The molecule has 2 aromatic carbocycles. The molecule has 1 amide bonds. The molecule has 1 fully saturated rings. The van der Waals surface area contributed by atoms with Gasteiger partial charge in [0.25, 0.3) is 5.91 Å². The van der Waals surface area contributed by atoms with Crippen LogP contribution in [0.15, 0.2) is 48.5 Å². The summed E-state index contributed by atoms with van der Waals surface area (Å²) in [6, 6.07) is 15.0. The van der Waals surface area contributed by atoms with E-state index in [4.69, 9.17) is 10.5 Å². The van der Waals surface area contributed by atoms with E-state index in [1.807, 2.05) is 36.4 Å². The summed E-state index contributed by atoms with van der Waals surface area (Å²) >= 11 is 0. The number of hydrogen-bond acceptors (Lipinski definition) is 4. The van der Waals surface area contributed by atoms with Crippen molar-refractivity contribution in [2.45, 2.75) is 6.42 Å². The van der Waals surface area contributed by atoms with E-state index in [2.05, 4.69) is 16.6 Å². The summed E-state index contributed by atoms with van der Waals surface area (Å²) in [5.41, 5.74) is 8.88. The number of carbonyl (C=O) groups is 1. The average Bonchev–Trinajstić information content (AvgIpc) is 2.65. The van der Waals surface area contributed by atoms with Gasteiger partial charge in [0.2, 0.25) is 0 Å². The van der Waals surface area contributed by atoms with Crippen molar-refractivity contribution < 1.29 is 9.53 Å². The summed E-state index contributed by atoms with van der Waals surface area (Å²) in [4.78, 5) is 14.7. The van der Waals surface area contributed by atoms with Gasteiger partial charge in [-0.2, -0.15) is 0 Å². The Morgan fingerprint density at radius 2 is 1.84 bits per heavy atom. The molecule has 131 valence electrons. The third-order valence-electron chi connectivity index (χ3n) is 4.30. The van der Waals surface area contributed by atoms with Gasteiger partial charge in [0.15, 0.2) is 0 Å². The lowest BCUT2D eigenvalue weighted by Gasteiger charge is -2.26. The van der Waals surface area contributed by atoms with Gasteiger partial charge in [-0.05, 0) is 42.7 Å². The molecule has 1 aliphatic rings. The van der Waals surface area contributed by atoms with Gasteiger partial charge >= 0.3 is 0 Å². The molecule has 0 spiro atoms. The summed E-state index contributed by atoms with van der Waals surface area (Å²) < 4.78 is 5.35. The average molecular weight is 338 g/mol. The molecule has 1 aliphatic heterocycles. The molecule has 0 saturated carbocycles. The molecule has 0 atom stereocenters. The van der Waals surface area contributed by atoms with E-state index < -0.39 is 0 Å². The third kappa shape index (κ3) is 5.05. The van der Waals surface area contributed by atoms with Crippen molar-refractivity contribution in [2.75, 3.05) is 43.9 Å². The highest BCUT2D eigenvalue weighted by Gasteiger charge is 2.10. The number of para-hydroxylation sites is 2. The second-order valence-electron chi connectivity index (χ2n) is 6.14. The van der Waals surface area contributed by atoms with Gasteiger partial charge < -0.3 is 15.8 Å². The van der Waals surface area contributed by atoms with Crippen LogP contribution in [0.4, 0.5) is 11.4 Å². The lowest BCUT2D eigenvalue weighted by molar-refractivity contribution is 0.0416. The Kier molecular flexibility index (Phi) is 6.04. The summed E-state index contributed by atoms with van der Waals surface area (Å²) in [7, 11) is 0. The van der Waals surface area contributed by atoms with E-state index >= 15 is 0 Å². The van der Waals surface area contributed by atoms with E-state index in [0.29, 0.717) is 16.9 Å². The Hall–Kier alpha value is -2.37. The number of nitrogen functional groups attached to an aromatic ring is 1. The zero-order valence-electron chi connectivity index (χ0n) is 14.3. The molecular weight excluding hydrogens is 314 g/mol. The van der Waals surface area contributed by atoms with E-state index in [0.717, 1.165) is 39.3 Å². The number of nitrogens with zero attached hydrogens (tertiary/aromatic N) is 1. The zero-order valence-corrected chi connectivity index (χ0v) is 14.3. The highest BCUT2D eigenvalue weighted by atomic mass is 16.5. The first-order valence-corrected chi connectivity index (χ1v) is 8.59. The maximum Gasteiger partial charge on any atom is 0.255 e. The topological polar surface area (TPSA) is 67.6 Å². The second-order valence-corrected chi connectivity index (χ2v) is 6.14. The number of hydrogen-bond donors (Lipinski definition) is 2. The Morgan fingerprint density at radius 3 is 2.56 bits per heavy atom. The van der Waals surface area contributed by atoms with Gasteiger partial charge in [-0.3, -0.25) is 9.69 Å². The highest BCUT2D eigenvalue weighted by molar-refractivity contribution is 6.05. The minimum atomic E-state index is -0.151. The van der Waals surface area contributed by atoms with Gasteiger partial charge in [-0.1, -0.05) is 24.3 Å². The first kappa shape index (κ1) is 17.5. The van der Waals surface area contributed by atoms with Gasteiger partial charge in [0, 0.05) is 25.2 Å². The number of nitrogens with two attached hydrogens (primary N) is 1. The molecular formula is C20H24N3O2. The van der Waals surface area contributed by atoms with Crippen molar-refractivity contribution in [1.29, 1.82) is 0 Å². The maximum absolute atomic E-state index is 12.3. The molecule has 25 heavy (non-hydrogen) atoms. The Morgan fingerprint density at radius 1 is 1.12 bits per heavy atom. The molecule has 1 saturated heterocycles. The van der Waals surface area contributed by atoms with Crippen LogP contribution in [0.5, 0.6) is 0 Å². The fourth-order valence-electron chi connectivity index (χ4n) is 2.80. The predicted octanol–water partition coefficient (Wildman–Crippen LogP) is 2.60. The van der Waals surface area contributed by atoms with Crippen LogP contribution in [-0.4, -0.2) is 43.7 Å². The number of ether oxygens (including phenoxy) is 1. The van der Waals surface area contributed by atoms with E-state index in [9.17, 15) is 4.79 Å². The lowest BCUT2D eigenvalue weighted by atomic mass is 10.1. The minimum absolute atomic E-state index is 0.151. The highest BCUT2D eigenvalue weighted by Crippen LogP contribution is 2.18. The summed E-state index contributed by atoms with van der Waals surface area (Å²) in [5.74, 6) is -0.151. The monoisotopic (exact) mass is 338 g/mol. The van der Waals surface area contributed by atoms with Gasteiger partial charge in [-0.25, -0.2) is 0 Å². The molecule has 3 rings (SSSR count). The second kappa shape index (κ2) is 8.65. The fraction of sp³-hybridized carbons (Fsp3) is 0.300. The largest absolute Gasteiger partial charge is 0.397 e. The van der Waals surface area contributed by atoms with Crippen molar-refractivity contribution >= 4 is 17.3 Å². The number of anilines is 2. The van der Waals surface area contributed by atoms with Crippen molar-refractivity contribution in [1.82, 2.24) is 4.90 Å². The first-order chi connectivity index (χ1) is 12.2. The van der Waals surface area contributed by atoms with E-state index in [1.165, 1.54) is 5.56 Å². The molecule has 0 aromatic heterocycles. The molecule has 2 aromatic rings. The Bertz CT molecular complexity index is 694. The van der Waals surface area contributed by atoms with Crippen molar-refractivity contribution in [2.24, 2.45) is 0 Å². The molecule has 1 radical (unpaired) electrons. The normalized spacial score (nSPS) is 15.0. The van der Waals surface area contributed by atoms with Crippen molar-refractivity contribution in [3.63, 3.8) is 0 Å². The summed E-state index contributed by atoms with van der Waals surface area (Å²) in [6.45, 7) is 4.61. The lowest BCUT2D eigenvalue weighted by Crippen LogP contribution is -2.37. The van der Waals surface area contributed by atoms with E-state index in [1.54, 1.807) is 12.1 Å². The molecule has 0 bridgehead atoms. The molecule has 3 N–H and O–H groups in total. The van der Waals surface area contributed by atoms with Crippen LogP contribution in [0.25, 0.3) is 0 Å². The molecule has 0 unspecified atom stereocenters. The Labute approximate surface area is 148 Å².